The summed E-state index contributed by atoms with van der Waals surface area (Å²) in [6.45, 7) is 1.22. The second kappa shape index (κ2) is 4.96. The van der Waals surface area contributed by atoms with Crippen molar-refractivity contribution in [3.63, 3.8) is 0 Å². The highest BCUT2D eigenvalue weighted by Crippen LogP contribution is 2.14. The third-order valence-corrected chi connectivity index (χ3v) is 2.56. The fourth-order valence-electron chi connectivity index (χ4n) is 1.72. The van der Waals surface area contributed by atoms with E-state index in [0.717, 1.165) is 25.5 Å². The molecule has 3 N–H and O–H groups in total. The van der Waals surface area contributed by atoms with Gasteiger partial charge in [-0.2, -0.15) is 5.10 Å². The molecule has 0 amide bonds. The Hall–Kier alpha value is -1.89. The van der Waals surface area contributed by atoms with Crippen molar-refractivity contribution in [3.8, 4) is 0 Å². The summed E-state index contributed by atoms with van der Waals surface area (Å²) in [7, 11) is 0. The van der Waals surface area contributed by atoms with Gasteiger partial charge in [0, 0.05) is 19.2 Å². The normalized spacial score (nSPS) is 19.2. The van der Waals surface area contributed by atoms with Crippen molar-refractivity contribution in [2.75, 3.05) is 18.5 Å². The van der Waals surface area contributed by atoms with E-state index in [9.17, 15) is 9.59 Å². The van der Waals surface area contributed by atoms with Gasteiger partial charge in [-0.15, -0.1) is 0 Å². The van der Waals surface area contributed by atoms with Gasteiger partial charge < -0.3 is 15.2 Å². The summed E-state index contributed by atoms with van der Waals surface area (Å²) in [6, 6.07) is 1.01. The maximum Gasteiger partial charge on any atom is 0.339 e. The Morgan fingerprint density at radius 2 is 2.53 bits per heavy atom. The first-order valence-corrected chi connectivity index (χ1v) is 5.35. The molecule has 0 aliphatic carbocycles. The van der Waals surface area contributed by atoms with E-state index < -0.39 is 11.5 Å². The number of carbonyl (C=O) groups is 1. The number of nitrogens with one attached hydrogen (secondary N) is 2. The summed E-state index contributed by atoms with van der Waals surface area (Å²) in [4.78, 5) is 21.9. The molecule has 1 aromatic heterocycles. The Bertz CT molecular complexity index is 465. The van der Waals surface area contributed by atoms with Crippen LogP contribution in [0.25, 0.3) is 0 Å². The Labute approximate surface area is 96.8 Å². The molecule has 0 spiro atoms. The minimum atomic E-state index is -1.18. The van der Waals surface area contributed by atoms with Crippen molar-refractivity contribution in [1.29, 1.82) is 0 Å². The first kappa shape index (κ1) is 11.6. The van der Waals surface area contributed by atoms with Crippen molar-refractivity contribution in [2.24, 2.45) is 0 Å². The van der Waals surface area contributed by atoms with Crippen LogP contribution in [0.15, 0.2) is 10.9 Å². The van der Waals surface area contributed by atoms with E-state index in [1.54, 1.807) is 0 Å². The van der Waals surface area contributed by atoms with Crippen LogP contribution in [0.3, 0.4) is 0 Å². The third kappa shape index (κ3) is 2.82. The summed E-state index contributed by atoms with van der Waals surface area (Å²) < 4.78 is 5.39. The molecule has 17 heavy (non-hydrogen) atoms. The maximum atomic E-state index is 11.0. The number of aromatic carboxylic acids is 1. The standard InChI is InChI=1S/C10H13N3O4/c14-8-4-7(10(15)16)9(13-12-8)11-5-6-2-1-3-17-6/h4,6H,1-3,5H2,(H,11,13)(H,12,14)(H,15,16). The zero-order chi connectivity index (χ0) is 12.3. The van der Waals surface area contributed by atoms with Gasteiger partial charge in [0.1, 0.15) is 5.56 Å². The van der Waals surface area contributed by atoms with Gasteiger partial charge in [0.25, 0.3) is 5.56 Å². The van der Waals surface area contributed by atoms with Crippen LogP contribution in [0.1, 0.15) is 23.2 Å². The Balaban J connectivity index is 2.08. The topological polar surface area (TPSA) is 104 Å². The van der Waals surface area contributed by atoms with Crippen LogP contribution < -0.4 is 10.9 Å². The number of carboxylic acid groups (broad SMARTS) is 1. The molecule has 92 valence electrons. The second-order valence-corrected chi connectivity index (χ2v) is 3.82. The van der Waals surface area contributed by atoms with Gasteiger partial charge in [0.05, 0.1) is 6.10 Å². The molecule has 0 radical (unpaired) electrons. The largest absolute Gasteiger partial charge is 0.478 e. The zero-order valence-electron chi connectivity index (χ0n) is 9.10. The molecule has 0 bridgehead atoms. The molecule has 1 aliphatic rings. The molecule has 1 aromatic rings. The highest BCUT2D eigenvalue weighted by atomic mass is 16.5. The van der Waals surface area contributed by atoms with Gasteiger partial charge in [-0.05, 0) is 12.8 Å². The maximum absolute atomic E-state index is 11.0. The first-order chi connectivity index (χ1) is 8.16. The van der Waals surface area contributed by atoms with Gasteiger partial charge in [-0.3, -0.25) is 4.79 Å². The summed E-state index contributed by atoms with van der Waals surface area (Å²) >= 11 is 0. The molecule has 0 saturated carbocycles. The minimum absolute atomic E-state index is 0.0744. The number of H-pyrrole nitrogens is 1. The van der Waals surface area contributed by atoms with Crippen molar-refractivity contribution in [3.05, 3.63) is 22.0 Å². The highest BCUT2D eigenvalue weighted by Gasteiger charge is 2.17. The van der Waals surface area contributed by atoms with Crippen LogP contribution in [0.4, 0.5) is 5.82 Å². The molecule has 1 saturated heterocycles. The van der Waals surface area contributed by atoms with E-state index in [2.05, 4.69) is 15.5 Å². The first-order valence-electron chi connectivity index (χ1n) is 5.35. The molecule has 1 unspecified atom stereocenters. The van der Waals surface area contributed by atoms with Crippen molar-refractivity contribution in [1.82, 2.24) is 10.2 Å². The summed E-state index contributed by atoms with van der Waals surface area (Å²) in [5.74, 6) is -1.02. The Morgan fingerprint density at radius 1 is 1.71 bits per heavy atom. The van der Waals surface area contributed by atoms with Crippen LogP contribution in [0, 0.1) is 0 Å². The molecule has 7 heteroatoms. The minimum Gasteiger partial charge on any atom is -0.478 e. The fourth-order valence-corrected chi connectivity index (χ4v) is 1.72. The van der Waals surface area contributed by atoms with E-state index in [0.29, 0.717) is 6.54 Å². The SMILES string of the molecule is O=C(O)c1cc(=O)[nH]nc1NCC1CCCO1. The number of anilines is 1. The van der Waals surface area contributed by atoms with Crippen LogP contribution in [-0.4, -0.2) is 40.5 Å². The number of hydrogen-bond donors (Lipinski definition) is 3. The third-order valence-electron chi connectivity index (χ3n) is 2.56. The molecular formula is C10H13N3O4. The number of ether oxygens (including phenoxy) is 1. The molecule has 2 heterocycles. The summed E-state index contributed by atoms with van der Waals surface area (Å²) in [5.41, 5.74) is -0.670. The lowest BCUT2D eigenvalue weighted by molar-refractivity contribution is 0.0696. The lowest BCUT2D eigenvalue weighted by atomic mass is 10.2. The molecule has 1 atom stereocenters. The smallest absolute Gasteiger partial charge is 0.339 e. The molecule has 7 nitrogen and oxygen atoms in total. The monoisotopic (exact) mass is 239 g/mol. The predicted molar refractivity (Wildman–Crippen MR) is 59.3 cm³/mol. The van der Waals surface area contributed by atoms with Crippen LogP contribution in [-0.2, 0) is 4.74 Å². The zero-order valence-corrected chi connectivity index (χ0v) is 9.10. The number of aromatic nitrogens is 2. The fraction of sp³-hybridized carbons (Fsp3) is 0.500. The Kier molecular flexibility index (Phi) is 3.38. The van der Waals surface area contributed by atoms with E-state index in [-0.39, 0.29) is 17.5 Å². The van der Waals surface area contributed by atoms with Crippen molar-refractivity contribution in [2.45, 2.75) is 18.9 Å². The number of rotatable bonds is 4. The number of nitrogens with zero attached hydrogens (tertiary/aromatic N) is 1. The Morgan fingerprint density at radius 3 is 3.18 bits per heavy atom. The number of carboxylic acids is 1. The van der Waals surface area contributed by atoms with E-state index in [1.807, 2.05) is 0 Å². The summed E-state index contributed by atoms with van der Waals surface area (Å²) in [5, 5.41) is 17.7. The molecule has 1 fully saturated rings. The van der Waals surface area contributed by atoms with E-state index in [1.165, 1.54) is 0 Å². The lowest BCUT2D eigenvalue weighted by Gasteiger charge is -2.11. The van der Waals surface area contributed by atoms with Gasteiger partial charge in [-0.1, -0.05) is 0 Å². The number of aromatic amines is 1. The predicted octanol–water partition coefficient (Wildman–Crippen LogP) is 0.0590. The molecule has 0 aromatic carbocycles. The quantitative estimate of drug-likeness (QED) is 0.686. The van der Waals surface area contributed by atoms with Crippen LogP contribution in [0.2, 0.25) is 0 Å². The second-order valence-electron chi connectivity index (χ2n) is 3.82. The van der Waals surface area contributed by atoms with Crippen LogP contribution in [0.5, 0.6) is 0 Å². The van der Waals surface area contributed by atoms with Gasteiger partial charge in [-0.25, -0.2) is 9.89 Å². The van der Waals surface area contributed by atoms with Crippen molar-refractivity contribution < 1.29 is 14.6 Å². The van der Waals surface area contributed by atoms with Crippen LogP contribution >= 0.6 is 0 Å². The lowest BCUT2D eigenvalue weighted by Crippen LogP contribution is -2.22. The molecular weight excluding hydrogens is 226 g/mol. The molecule has 2 rings (SSSR count). The van der Waals surface area contributed by atoms with Crippen molar-refractivity contribution >= 4 is 11.8 Å². The van der Waals surface area contributed by atoms with Gasteiger partial charge in [0.2, 0.25) is 0 Å². The number of hydrogen-bond acceptors (Lipinski definition) is 5. The molecule has 1 aliphatic heterocycles. The van der Waals surface area contributed by atoms with Gasteiger partial charge in [0.15, 0.2) is 5.82 Å². The summed E-state index contributed by atoms with van der Waals surface area (Å²) in [6.07, 6.45) is 2.03. The average Bonchev–Trinajstić information content (AvgIpc) is 2.80. The van der Waals surface area contributed by atoms with Gasteiger partial charge >= 0.3 is 5.97 Å². The van der Waals surface area contributed by atoms with E-state index in [4.69, 9.17) is 9.84 Å². The highest BCUT2D eigenvalue weighted by molar-refractivity contribution is 5.92. The van der Waals surface area contributed by atoms with E-state index >= 15 is 0 Å². The average molecular weight is 239 g/mol.